The van der Waals surface area contributed by atoms with E-state index in [2.05, 4.69) is 20.4 Å². The van der Waals surface area contributed by atoms with Crippen molar-refractivity contribution in [3.63, 3.8) is 0 Å². The van der Waals surface area contributed by atoms with Gasteiger partial charge in [0.05, 0.1) is 17.2 Å². The summed E-state index contributed by atoms with van der Waals surface area (Å²) in [5, 5.41) is 7.69. The van der Waals surface area contributed by atoms with Gasteiger partial charge in [-0.1, -0.05) is 0 Å². The highest BCUT2D eigenvalue weighted by molar-refractivity contribution is 7.13. The molecule has 0 fully saturated rings. The van der Waals surface area contributed by atoms with E-state index in [0.29, 0.717) is 18.0 Å². The van der Waals surface area contributed by atoms with Crippen molar-refractivity contribution in [1.82, 2.24) is 25.1 Å². The van der Waals surface area contributed by atoms with Gasteiger partial charge in [0.2, 0.25) is 0 Å². The van der Waals surface area contributed by atoms with Crippen LogP contribution in [0, 0.1) is 13.8 Å². The van der Waals surface area contributed by atoms with Gasteiger partial charge in [0.25, 0.3) is 5.91 Å². The maximum absolute atomic E-state index is 11.8. The Balaban J connectivity index is 1.87. The summed E-state index contributed by atoms with van der Waals surface area (Å²) in [5.74, 6) is -0.0757. The minimum Gasteiger partial charge on any atom is -0.349 e. The van der Waals surface area contributed by atoms with Crippen LogP contribution in [-0.4, -0.2) is 32.2 Å². The Morgan fingerprint density at radius 2 is 2.35 bits per heavy atom. The van der Waals surface area contributed by atoms with E-state index < -0.39 is 0 Å². The first kappa shape index (κ1) is 11.7. The Labute approximate surface area is 103 Å². The minimum atomic E-state index is -0.0757. The first-order chi connectivity index (χ1) is 8.16. The van der Waals surface area contributed by atoms with Crippen molar-refractivity contribution >= 4 is 17.2 Å². The summed E-state index contributed by atoms with van der Waals surface area (Å²) < 4.78 is 1.67. The molecule has 1 amide bonds. The van der Waals surface area contributed by atoms with Crippen LogP contribution in [0.25, 0.3) is 0 Å². The van der Waals surface area contributed by atoms with Gasteiger partial charge in [-0.25, -0.2) is 9.97 Å². The molecule has 0 radical (unpaired) electrons. The van der Waals surface area contributed by atoms with Crippen LogP contribution in [0.1, 0.15) is 20.4 Å². The van der Waals surface area contributed by atoms with Gasteiger partial charge >= 0.3 is 0 Å². The van der Waals surface area contributed by atoms with E-state index in [0.717, 1.165) is 10.7 Å². The fourth-order valence-electron chi connectivity index (χ4n) is 1.45. The highest BCUT2D eigenvalue weighted by Crippen LogP contribution is 2.16. The smallest absolute Gasteiger partial charge is 0.263 e. The quantitative estimate of drug-likeness (QED) is 0.871. The fourth-order valence-corrected chi connectivity index (χ4v) is 2.29. The second-order valence-corrected chi connectivity index (χ2v) is 4.77. The number of rotatable bonds is 4. The molecule has 7 heteroatoms. The third-order valence-corrected chi connectivity index (χ3v) is 3.27. The summed E-state index contributed by atoms with van der Waals surface area (Å²) >= 11 is 1.41. The van der Waals surface area contributed by atoms with Crippen molar-refractivity contribution in [1.29, 1.82) is 0 Å². The van der Waals surface area contributed by atoms with E-state index in [-0.39, 0.29) is 5.91 Å². The maximum Gasteiger partial charge on any atom is 0.263 e. The molecule has 6 nitrogen and oxygen atoms in total. The van der Waals surface area contributed by atoms with Crippen LogP contribution in [0.5, 0.6) is 0 Å². The molecule has 0 aromatic carbocycles. The number of carbonyl (C=O) groups excluding carboxylic acids is 1. The number of hydrogen-bond acceptors (Lipinski definition) is 5. The predicted molar refractivity (Wildman–Crippen MR) is 63.9 cm³/mol. The summed E-state index contributed by atoms with van der Waals surface area (Å²) in [6, 6.07) is 0. The minimum absolute atomic E-state index is 0.0757. The standard InChI is InChI=1S/C10H13N5OS/c1-7-9(17-8(2)14-7)10(16)12-3-4-15-6-11-5-13-15/h5-6H,3-4H2,1-2H3,(H,12,16). The second-order valence-electron chi connectivity index (χ2n) is 3.56. The van der Waals surface area contributed by atoms with E-state index in [1.807, 2.05) is 13.8 Å². The van der Waals surface area contributed by atoms with Crippen LogP contribution in [0.3, 0.4) is 0 Å². The predicted octanol–water partition coefficient (Wildman–Crippen LogP) is 0.781. The summed E-state index contributed by atoms with van der Waals surface area (Å²) in [6.45, 7) is 4.88. The van der Waals surface area contributed by atoms with Crippen LogP contribution >= 0.6 is 11.3 Å². The maximum atomic E-state index is 11.8. The van der Waals surface area contributed by atoms with Crippen molar-refractivity contribution < 1.29 is 4.79 Å². The van der Waals surface area contributed by atoms with E-state index in [1.54, 1.807) is 11.0 Å². The Hall–Kier alpha value is -1.76. The summed E-state index contributed by atoms with van der Waals surface area (Å²) in [6.07, 6.45) is 3.09. The average Bonchev–Trinajstić information content (AvgIpc) is 2.88. The number of carbonyl (C=O) groups is 1. The molecule has 1 N–H and O–H groups in total. The lowest BCUT2D eigenvalue weighted by Crippen LogP contribution is -2.27. The number of hydrogen-bond donors (Lipinski definition) is 1. The zero-order chi connectivity index (χ0) is 12.3. The SMILES string of the molecule is Cc1nc(C)c(C(=O)NCCn2cncn2)s1. The highest BCUT2D eigenvalue weighted by atomic mass is 32.1. The van der Waals surface area contributed by atoms with Crippen molar-refractivity contribution in [3.05, 3.63) is 28.2 Å². The number of aryl methyl sites for hydroxylation is 2. The zero-order valence-corrected chi connectivity index (χ0v) is 10.5. The molecule has 0 saturated heterocycles. The molecule has 0 aliphatic carbocycles. The summed E-state index contributed by atoms with van der Waals surface area (Å²) in [5.41, 5.74) is 0.783. The molecule has 0 atom stereocenters. The third-order valence-electron chi connectivity index (χ3n) is 2.20. The summed E-state index contributed by atoms with van der Waals surface area (Å²) in [4.78, 5) is 20.5. The molecule has 2 heterocycles. The lowest BCUT2D eigenvalue weighted by molar-refractivity contribution is 0.0955. The Morgan fingerprint density at radius 3 is 2.94 bits per heavy atom. The second kappa shape index (κ2) is 5.05. The molecule has 2 rings (SSSR count). The monoisotopic (exact) mass is 251 g/mol. The molecule has 90 valence electrons. The van der Waals surface area contributed by atoms with Crippen LogP contribution < -0.4 is 5.32 Å². The number of nitrogens with one attached hydrogen (secondary N) is 1. The van der Waals surface area contributed by atoms with Crippen LogP contribution in [-0.2, 0) is 6.54 Å². The van der Waals surface area contributed by atoms with Gasteiger partial charge in [-0.05, 0) is 13.8 Å². The Morgan fingerprint density at radius 1 is 1.53 bits per heavy atom. The van der Waals surface area contributed by atoms with Gasteiger partial charge in [-0.3, -0.25) is 9.48 Å². The van der Waals surface area contributed by atoms with Gasteiger partial charge in [0, 0.05) is 6.54 Å². The van der Waals surface area contributed by atoms with Gasteiger partial charge < -0.3 is 5.32 Å². The number of aromatic nitrogens is 4. The highest BCUT2D eigenvalue weighted by Gasteiger charge is 2.12. The molecule has 0 aliphatic rings. The van der Waals surface area contributed by atoms with Crippen LogP contribution in [0.4, 0.5) is 0 Å². The first-order valence-electron chi connectivity index (χ1n) is 5.21. The van der Waals surface area contributed by atoms with Crippen LogP contribution in [0.15, 0.2) is 12.7 Å². The topological polar surface area (TPSA) is 72.7 Å². The molecule has 0 unspecified atom stereocenters. The van der Waals surface area contributed by atoms with E-state index in [9.17, 15) is 4.79 Å². The third kappa shape index (κ3) is 2.88. The number of thiazole rings is 1. The number of nitrogens with zero attached hydrogens (tertiary/aromatic N) is 4. The van der Waals surface area contributed by atoms with Gasteiger partial charge in [-0.2, -0.15) is 5.10 Å². The molecule has 2 aromatic heterocycles. The van der Waals surface area contributed by atoms with Crippen molar-refractivity contribution in [2.24, 2.45) is 0 Å². The Kier molecular flexibility index (Phi) is 3.48. The van der Waals surface area contributed by atoms with Crippen molar-refractivity contribution in [2.75, 3.05) is 6.54 Å². The largest absolute Gasteiger partial charge is 0.349 e. The molecule has 0 bridgehead atoms. The zero-order valence-electron chi connectivity index (χ0n) is 9.67. The Bertz CT molecular complexity index is 505. The van der Waals surface area contributed by atoms with Crippen molar-refractivity contribution in [2.45, 2.75) is 20.4 Å². The normalized spacial score (nSPS) is 10.5. The average molecular weight is 251 g/mol. The molecule has 0 aliphatic heterocycles. The lowest BCUT2D eigenvalue weighted by atomic mass is 10.4. The first-order valence-corrected chi connectivity index (χ1v) is 6.03. The molecule has 0 spiro atoms. The molecule has 0 saturated carbocycles. The fraction of sp³-hybridized carbons (Fsp3) is 0.400. The van der Waals surface area contributed by atoms with E-state index >= 15 is 0 Å². The van der Waals surface area contributed by atoms with E-state index in [1.165, 1.54) is 17.7 Å². The van der Waals surface area contributed by atoms with Gasteiger partial charge in [0.1, 0.15) is 17.5 Å². The molecular weight excluding hydrogens is 238 g/mol. The van der Waals surface area contributed by atoms with Gasteiger partial charge in [-0.15, -0.1) is 11.3 Å². The number of amides is 1. The van der Waals surface area contributed by atoms with Crippen LogP contribution in [0.2, 0.25) is 0 Å². The molecule has 17 heavy (non-hydrogen) atoms. The van der Waals surface area contributed by atoms with Gasteiger partial charge in [0.15, 0.2) is 0 Å². The van der Waals surface area contributed by atoms with E-state index in [4.69, 9.17) is 0 Å². The molecular formula is C10H13N5OS. The summed E-state index contributed by atoms with van der Waals surface area (Å²) in [7, 11) is 0. The van der Waals surface area contributed by atoms with Crippen molar-refractivity contribution in [3.8, 4) is 0 Å². The lowest BCUT2D eigenvalue weighted by Gasteiger charge is -2.03. The molecule has 2 aromatic rings.